The van der Waals surface area contributed by atoms with Crippen molar-refractivity contribution in [3.8, 4) is 0 Å². The summed E-state index contributed by atoms with van der Waals surface area (Å²) in [6, 6.07) is 3.51. The summed E-state index contributed by atoms with van der Waals surface area (Å²) < 4.78 is 26.6. The van der Waals surface area contributed by atoms with Crippen molar-refractivity contribution in [2.24, 2.45) is 10.9 Å². The van der Waals surface area contributed by atoms with Crippen LogP contribution in [0.1, 0.15) is 23.2 Å². The van der Waals surface area contributed by atoms with Gasteiger partial charge in [-0.2, -0.15) is 0 Å². The zero-order valence-electron chi connectivity index (χ0n) is 10.5. The number of sulfonamides is 1. The van der Waals surface area contributed by atoms with Gasteiger partial charge in [0, 0.05) is 12.0 Å². The van der Waals surface area contributed by atoms with Gasteiger partial charge in [0.2, 0.25) is 10.0 Å². The third-order valence-electron chi connectivity index (χ3n) is 2.33. The first-order valence-corrected chi connectivity index (χ1v) is 7.39. The Labute approximate surface area is 125 Å². The lowest BCUT2D eigenvalue weighted by Gasteiger charge is -2.05. The maximum Gasteiger partial charge on any atom is 0.412 e. The van der Waals surface area contributed by atoms with Crippen LogP contribution in [0, 0.1) is 0 Å². The molecule has 0 fully saturated rings. The van der Waals surface area contributed by atoms with Gasteiger partial charge in [0.1, 0.15) is 4.90 Å². The zero-order chi connectivity index (χ0) is 16.2. The van der Waals surface area contributed by atoms with E-state index < -0.39 is 32.8 Å². The highest BCUT2D eigenvalue weighted by molar-refractivity contribution is 7.89. The second-order valence-electron chi connectivity index (χ2n) is 3.91. The summed E-state index contributed by atoms with van der Waals surface area (Å²) in [5, 5.41) is 4.83. The Morgan fingerprint density at radius 3 is 2.33 bits per heavy atom. The Kier molecular flexibility index (Phi) is 5.41. The highest BCUT2D eigenvalue weighted by Crippen LogP contribution is 2.22. The molecule has 1 amide bonds. The third kappa shape index (κ3) is 5.14. The summed E-state index contributed by atoms with van der Waals surface area (Å²) in [7, 11) is -4.07. The highest BCUT2D eigenvalue weighted by atomic mass is 35.5. The van der Waals surface area contributed by atoms with E-state index in [1.807, 2.05) is 0 Å². The van der Waals surface area contributed by atoms with Gasteiger partial charge in [-0.15, -0.1) is 0 Å². The topological polar surface area (TPSA) is 147 Å². The lowest BCUT2D eigenvalue weighted by Crippen LogP contribution is -2.19. The van der Waals surface area contributed by atoms with E-state index in [-0.39, 0.29) is 23.4 Å². The van der Waals surface area contributed by atoms with Gasteiger partial charge in [-0.1, -0.05) is 11.6 Å². The molecule has 0 bridgehead atoms. The Morgan fingerprint density at radius 1 is 1.19 bits per heavy atom. The van der Waals surface area contributed by atoms with E-state index in [9.17, 15) is 22.8 Å². The number of nitrogens with two attached hydrogens (primary N) is 2. The molecule has 0 saturated heterocycles. The summed E-state index contributed by atoms with van der Waals surface area (Å²) in [5.41, 5.74) is 4.64. The Hall–Kier alpha value is -1.97. The first-order valence-electron chi connectivity index (χ1n) is 5.47. The first-order chi connectivity index (χ1) is 9.61. The van der Waals surface area contributed by atoms with Gasteiger partial charge in [-0.05, 0) is 18.2 Å². The van der Waals surface area contributed by atoms with Crippen molar-refractivity contribution in [1.82, 2.24) is 0 Å². The SMILES string of the molecule is NC(=O)OC(=O)CCC(=O)c1ccc(Cl)c(S(N)(=O)=O)c1. The number of halogens is 1. The summed E-state index contributed by atoms with van der Waals surface area (Å²) in [6.07, 6.45) is -1.94. The fourth-order valence-electron chi connectivity index (χ4n) is 1.42. The number of benzene rings is 1. The van der Waals surface area contributed by atoms with Gasteiger partial charge < -0.3 is 10.5 Å². The second-order valence-corrected chi connectivity index (χ2v) is 5.84. The molecule has 0 unspecified atom stereocenters. The van der Waals surface area contributed by atoms with Crippen LogP contribution < -0.4 is 10.9 Å². The quantitative estimate of drug-likeness (QED) is 0.457. The van der Waals surface area contributed by atoms with Gasteiger partial charge in [0.15, 0.2) is 5.78 Å². The van der Waals surface area contributed by atoms with Crippen molar-refractivity contribution in [3.63, 3.8) is 0 Å². The van der Waals surface area contributed by atoms with Gasteiger partial charge >= 0.3 is 12.1 Å². The molecule has 0 saturated carbocycles. The summed E-state index contributed by atoms with van der Waals surface area (Å²) in [5.74, 6) is -1.51. The molecule has 21 heavy (non-hydrogen) atoms. The number of amides is 1. The summed E-state index contributed by atoms with van der Waals surface area (Å²) in [6.45, 7) is 0. The standard InChI is InChI=1S/C11H11ClN2O6S/c12-7-2-1-6(5-9(7)21(14,18)19)8(15)3-4-10(16)20-11(13)17/h1-2,5H,3-4H2,(H2,13,17)(H2,14,18,19). The average molecular weight is 335 g/mol. The van der Waals surface area contributed by atoms with Gasteiger partial charge in [0.25, 0.3) is 0 Å². The number of ketones is 1. The number of hydrogen-bond acceptors (Lipinski definition) is 6. The van der Waals surface area contributed by atoms with Gasteiger partial charge in [0.05, 0.1) is 11.4 Å². The first kappa shape index (κ1) is 17.1. The monoisotopic (exact) mass is 334 g/mol. The molecule has 1 aromatic carbocycles. The fourth-order valence-corrected chi connectivity index (χ4v) is 2.49. The lowest BCUT2D eigenvalue weighted by atomic mass is 10.1. The van der Waals surface area contributed by atoms with Gasteiger partial charge in [-0.3, -0.25) is 9.59 Å². The molecule has 1 aromatic rings. The number of ether oxygens (including phenoxy) is 1. The molecule has 10 heteroatoms. The zero-order valence-corrected chi connectivity index (χ0v) is 12.1. The summed E-state index contributed by atoms with van der Waals surface area (Å²) >= 11 is 5.67. The third-order valence-corrected chi connectivity index (χ3v) is 3.72. The minimum Gasteiger partial charge on any atom is -0.376 e. The van der Waals surface area contributed by atoms with Crippen molar-refractivity contribution in [3.05, 3.63) is 28.8 Å². The number of carbonyl (C=O) groups is 3. The molecule has 0 atom stereocenters. The van der Waals surface area contributed by atoms with Crippen molar-refractivity contribution in [1.29, 1.82) is 0 Å². The van der Waals surface area contributed by atoms with E-state index in [1.54, 1.807) is 0 Å². The Bertz CT molecular complexity index is 701. The van der Waals surface area contributed by atoms with Crippen molar-refractivity contribution >= 4 is 39.5 Å². The average Bonchev–Trinajstić information content (AvgIpc) is 2.34. The predicted octanol–water partition coefficient (Wildman–Crippen LogP) is 0.572. The molecule has 0 radical (unpaired) electrons. The number of esters is 1. The molecule has 0 aliphatic carbocycles. The second kappa shape index (κ2) is 6.66. The molecule has 0 aliphatic heterocycles. The molecule has 8 nitrogen and oxygen atoms in total. The van der Waals surface area contributed by atoms with E-state index in [0.717, 1.165) is 6.07 Å². The summed E-state index contributed by atoms with van der Waals surface area (Å²) in [4.78, 5) is 32.8. The van der Waals surface area contributed by atoms with Crippen LogP contribution in [0.3, 0.4) is 0 Å². The van der Waals surface area contributed by atoms with Crippen LogP contribution in [0.4, 0.5) is 4.79 Å². The predicted molar refractivity (Wildman–Crippen MR) is 72.1 cm³/mol. The number of primary amides is 1. The number of primary sulfonamides is 1. The van der Waals surface area contributed by atoms with Crippen LogP contribution in [-0.4, -0.2) is 26.3 Å². The van der Waals surface area contributed by atoms with E-state index >= 15 is 0 Å². The minimum atomic E-state index is -4.07. The number of Topliss-reactive ketones (excluding diaryl/α,β-unsaturated/α-hetero) is 1. The van der Waals surface area contributed by atoms with E-state index in [2.05, 4.69) is 10.5 Å². The molecule has 1 rings (SSSR count). The molecule has 0 heterocycles. The molecule has 4 N–H and O–H groups in total. The van der Waals surface area contributed by atoms with E-state index in [0.29, 0.717) is 0 Å². The smallest absolute Gasteiger partial charge is 0.376 e. The molecule has 0 aromatic heterocycles. The van der Waals surface area contributed by atoms with Crippen LogP contribution in [0.2, 0.25) is 5.02 Å². The van der Waals surface area contributed by atoms with Crippen LogP contribution in [0.25, 0.3) is 0 Å². The van der Waals surface area contributed by atoms with Crippen molar-refractivity contribution < 1.29 is 27.5 Å². The molecule has 114 valence electrons. The highest BCUT2D eigenvalue weighted by Gasteiger charge is 2.17. The number of hydrogen-bond donors (Lipinski definition) is 2. The molecular formula is C11H11ClN2O6S. The molecule has 0 aliphatic rings. The van der Waals surface area contributed by atoms with Crippen molar-refractivity contribution in [2.45, 2.75) is 17.7 Å². The van der Waals surface area contributed by atoms with Crippen molar-refractivity contribution in [2.75, 3.05) is 0 Å². The van der Waals surface area contributed by atoms with E-state index in [1.165, 1.54) is 12.1 Å². The van der Waals surface area contributed by atoms with Crippen LogP contribution in [-0.2, 0) is 19.6 Å². The lowest BCUT2D eigenvalue weighted by molar-refractivity contribution is -0.137. The van der Waals surface area contributed by atoms with E-state index in [4.69, 9.17) is 16.7 Å². The van der Waals surface area contributed by atoms with Crippen LogP contribution >= 0.6 is 11.6 Å². The van der Waals surface area contributed by atoms with Crippen LogP contribution in [0.15, 0.2) is 23.1 Å². The molecule has 0 spiro atoms. The fraction of sp³-hybridized carbons (Fsp3) is 0.182. The Morgan fingerprint density at radius 2 is 1.81 bits per heavy atom. The Balaban J connectivity index is 2.85. The number of rotatable bonds is 5. The van der Waals surface area contributed by atoms with Crippen LogP contribution in [0.5, 0.6) is 0 Å². The van der Waals surface area contributed by atoms with Gasteiger partial charge in [-0.25, -0.2) is 18.4 Å². The largest absolute Gasteiger partial charge is 0.412 e. The normalized spacial score (nSPS) is 11.0. The maximum absolute atomic E-state index is 11.8. The number of carbonyl (C=O) groups excluding carboxylic acids is 3. The molecular weight excluding hydrogens is 324 g/mol. The maximum atomic E-state index is 11.8. The minimum absolute atomic E-state index is 0.00954.